The van der Waals surface area contributed by atoms with Gasteiger partial charge in [-0.05, 0) is 121 Å². The first kappa shape index (κ1) is 52.8. The minimum Gasteiger partial charge on any atom is -0.507 e. The molecule has 0 aliphatic carbocycles. The normalized spacial score (nSPS) is 11.1. The van der Waals surface area contributed by atoms with Crippen LogP contribution in [-0.4, -0.2) is 20.1 Å². The van der Waals surface area contributed by atoms with Crippen LogP contribution in [0.15, 0.2) is 207 Å². The third kappa shape index (κ3) is 11.9. The Bertz CT molecular complexity index is 3330. The summed E-state index contributed by atoms with van der Waals surface area (Å²) in [6.45, 7) is 18.2. The fourth-order valence-electron chi connectivity index (χ4n) is 9.69. The number of rotatable bonds is 12. The average Bonchev–Trinajstić information content (AvgIpc) is 3.43. The van der Waals surface area contributed by atoms with E-state index in [-0.39, 0.29) is 25.9 Å². The van der Waals surface area contributed by atoms with E-state index in [0.29, 0.717) is 23.7 Å². The molecular formula is C69H63IrN3O-2. The van der Waals surface area contributed by atoms with Crippen LogP contribution in [0.2, 0.25) is 0 Å². The Balaban J connectivity index is 0.000000194. The van der Waals surface area contributed by atoms with Gasteiger partial charge < -0.3 is 5.11 Å². The topological polar surface area (TPSA) is 58.9 Å². The van der Waals surface area contributed by atoms with E-state index in [4.69, 9.17) is 4.98 Å². The van der Waals surface area contributed by atoms with Gasteiger partial charge in [0.1, 0.15) is 5.75 Å². The first-order valence-corrected chi connectivity index (χ1v) is 25.6. The zero-order chi connectivity index (χ0) is 51.0. The first-order chi connectivity index (χ1) is 35.4. The Hall–Kier alpha value is -7.56. The molecule has 0 atom stereocenters. The number of hydrogen-bond acceptors (Lipinski definition) is 4. The minimum absolute atomic E-state index is 0. The van der Waals surface area contributed by atoms with Crippen LogP contribution in [0.3, 0.4) is 0 Å². The number of nitrogens with zero attached hydrogens (tertiary/aromatic N) is 3. The van der Waals surface area contributed by atoms with Crippen molar-refractivity contribution in [2.24, 2.45) is 0 Å². The summed E-state index contributed by atoms with van der Waals surface area (Å²) in [6.07, 6.45) is 3.67. The van der Waals surface area contributed by atoms with E-state index < -0.39 is 0 Å². The molecule has 0 amide bonds. The number of para-hydroxylation sites is 1. The van der Waals surface area contributed by atoms with Crippen LogP contribution in [0.1, 0.15) is 101 Å². The molecule has 5 heteroatoms. The van der Waals surface area contributed by atoms with E-state index in [9.17, 15) is 5.11 Å². The smallest absolute Gasteiger partial charge is 0.124 e. The van der Waals surface area contributed by atoms with Gasteiger partial charge in [-0.15, -0.1) is 54.1 Å². The van der Waals surface area contributed by atoms with Crippen molar-refractivity contribution in [3.05, 3.63) is 241 Å². The molecule has 0 unspecified atom stereocenters. The van der Waals surface area contributed by atoms with Crippen LogP contribution in [0, 0.1) is 12.1 Å². The van der Waals surface area contributed by atoms with Crippen molar-refractivity contribution in [1.82, 2.24) is 15.0 Å². The maximum Gasteiger partial charge on any atom is 0.124 e. The van der Waals surface area contributed by atoms with Crippen LogP contribution in [-0.2, 0) is 20.1 Å². The summed E-state index contributed by atoms with van der Waals surface area (Å²) in [7, 11) is 0. The quantitative estimate of drug-likeness (QED) is 0.124. The predicted octanol–water partition coefficient (Wildman–Crippen LogP) is 18.7. The van der Waals surface area contributed by atoms with Gasteiger partial charge in [-0.3, -0.25) is 15.0 Å². The maximum absolute atomic E-state index is 10.7. The number of phenolic OH excluding ortho intramolecular Hbond substituents is 1. The van der Waals surface area contributed by atoms with Gasteiger partial charge in [0.15, 0.2) is 0 Å². The number of benzene rings is 7. The standard InChI is InChI=1S/C35H32NO.C34H31N2.Ir/c1-23(2)30-19-27(25-13-7-5-8-14-25)20-31(24(3)4)35(30)28-21-32(26-15-9-6-10-16-26)36-33(22-28)29-17-11-12-18-34(29)37;1-23(2)30-21-26(25-12-6-5-7-13-25)22-31(24(3)4)34(30)29-19-27(32-14-8-10-16-35-32)18-28(20-29)33-15-9-11-17-36-33;/h5-15,17-24,37H,1-4H3;5-17,19-24H,1-4H3;/q2*-1;. The molecule has 7 aromatic carbocycles. The van der Waals surface area contributed by atoms with Gasteiger partial charge in [0.25, 0.3) is 0 Å². The zero-order valence-electron chi connectivity index (χ0n) is 43.6. The molecule has 371 valence electrons. The fourth-order valence-corrected chi connectivity index (χ4v) is 9.69. The molecule has 0 saturated heterocycles. The number of aromatic nitrogens is 3. The van der Waals surface area contributed by atoms with E-state index in [2.05, 4.69) is 187 Å². The number of phenols is 1. The average molecular weight is 1140 g/mol. The molecule has 0 fully saturated rings. The summed E-state index contributed by atoms with van der Waals surface area (Å²) < 4.78 is 0. The van der Waals surface area contributed by atoms with E-state index in [1.165, 1.54) is 61.2 Å². The van der Waals surface area contributed by atoms with Crippen LogP contribution in [0.4, 0.5) is 0 Å². The summed E-state index contributed by atoms with van der Waals surface area (Å²) in [4.78, 5) is 14.3. The molecule has 0 bridgehead atoms. The van der Waals surface area contributed by atoms with Crippen LogP contribution in [0.25, 0.3) is 89.5 Å². The molecular weight excluding hydrogens is 1080 g/mol. The van der Waals surface area contributed by atoms with Crippen LogP contribution in [0.5, 0.6) is 5.75 Å². The second-order valence-corrected chi connectivity index (χ2v) is 20.0. The van der Waals surface area contributed by atoms with Crippen molar-refractivity contribution in [1.29, 1.82) is 0 Å². The predicted molar refractivity (Wildman–Crippen MR) is 305 cm³/mol. The largest absolute Gasteiger partial charge is 0.507 e. The Kier molecular flexibility index (Phi) is 17.1. The van der Waals surface area contributed by atoms with Gasteiger partial charge in [-0.25, -0.2) is 0 Å². The second kappa shape index (κ2) is 24.0. The Morgan fingerprint density at radius 1 is 0.365 bits per heavy atom. The van der Waals surface area contributed by atoms with Gasteiger partial charge in [0.05, 0.1) is 5.69 Å². The third-order valence-corrected chi connectivity index (χ3v) is 13.4. The van der Waals surface area contributed by atoms with Crippen LogP contribution >= 0.6 is 0 Å². The summed E-state index contributed by atoms with van der Waals surface area (Å²) in [5.74, 6) is 1.60. The molecule has 10 aromatic rings. The summed E-state index contributed by atoms with van der Waals surface area (Å²) in [6, 6.07) is 73.8. The van der Waals surface area contributed by atoms with E-state index >= 15 is 0 Å². The molecule has 0 aliphatic rings. The molecule has 4 nitrogen and oxygen atoms in total. The van der Waals surface area contributed by atoms with Gasteiger partial charge in [0.2, 0.25) is 0 Å². The Morgan fingerprint density at radius 3 is 1.20 bits per heavy atom. The van der Waals surface area contributed by atoms with Crippen molar-refractivity contribution < 1.29 is 25.2 Å². The van der Waals surface area contributed by atoms with Crippen molar-refractivity contribution in [3.8, 4) is 95.3 Å². The molecule has 74 heavy (non-hydrogen) atoms. The molecule has 3 aromatic heterocycles. The summed E-state index contributed by atoms with van der Waals surface area (Å²) in [5.41, 5.74) is 22.2. The number of pyridine rings is 3. The number of hydrogen-bond donors (Lipinski definition) is 1. The van der Waals surface area contributed by atoms with Gasteiger partial charge in [-0.2, -0.15) is 0 Å². The van der Waals surface area contributed by atoms with Gasteiger partial charge >= 0.3 is 0 Å². The first-order valence-electron chi connectivity index (χ1n) is 25.6. The molecule has 10 rings (SSSR count). The zero-order valence-corrected chi connectivity index (χ0v) is 46.0. The van der Waals surface area contributed by atoms with Gasteiger partial charge in [0, 0.05) is 49.5 Å². The Labute approximate surface area is 452 Å². The van der Waals surface area contributed by atoms with Crippen LogP contribution < -0.4 is 0 Å². The molecule has 0 saturated carbocycles. The third-order valence-electron chi connectivity index (χ3n) is 13.4. The minimum atomic E-state index is 0. The van der Waals surface area contributed by atoms with Crippen molar-refractivity contribution in [2.45, 2.75) is 79.1 Å². The second-order valence-electron chi connectivity index (χ2n) is 20.0. The van der Waals surface area contributed by atoms with Crippen molar-refractivity contribution >= 4 is 0 Å². The van der Waals surface area contributed by atoms with Gasteiger partial charge in [-0.1, -0.05) is 199 Å². The molecule has 0 spiro atoms. The molecule has 1 radical (unpaired) electrons. The fraction of sp³-hybridized carbons (Fsp3) is 0.174. The van der Waals surface area contributed by atoms with Crippen molar-refractivity contribution in [2.75, 3.05) is 0 Å². The summed E-state index contributed by atoms with van der Waals surface area (Å²) >= 11 is 0. The van der Waals surface area contributed by atoms with E-state index in [1.807, 2.05) is 91.3 Å². The molecule has 1 N–H and O–H groups in total. The maximum atomic E-state index is 10.7. The SMILES string of the molecule is CC(C)c1cc(-c2ccccc2)cc(C(C)C)c1-c1cc(-c2[c-]cccc2)nc(-c2ccccc2O)c1.CC(C)c1cc(-c2ccccc2)cc(C(C)C)c1-c1cc(-c2ccccn2)[c-]c(-c2ccccn2)c1.[Ir]. The van der Waals surface area contributed by atoms with E-state index in [0.717, 1.165) is 50.6 Å². The van der Waals surface area contributed by atoms with Crippen molar-refractivity contribution in [3.63, 3.8) is 0 Å². The number of aromatic hydroxyl groups is 1. The Morgan fingerprint density at radius 2 is 0.784 bits per heavy atom. The molecule has 3 heterocycles. The monoisotopic (exact) mass is 1140 g/mol. The summed E-state index contributed by atoms with van der Waals surface area (Å²) in [5, 5.41) is 10.7. The van der Waals surface area contributed by atoms with E-state index in [1.54, 1.807) is 6.07 Å². The molecule has 0 aliphatic heterocycles.